The maximum atomic E-state index is 5.64. The molecule has 7 nitrogen and oxygen atoms in total. The van der Waals surface area contributed by atoms with Crippen LogP contribution in [0.25, 0.3) is 0 Å². The third kappa shape index (κ3) is 3.48. The first-order chi connectivity index (χ1) is 9.20. The average molecular weight is 334 g/mol. The number of nitrogens with two attached hydrogens (primary N) is 2. The van der Waals surface area contributed by atoms with Crippen LogP contribution in [0.2, 0.25) is 0 Å². The van der Waals surface area contributed by atoms with E-state index in [1.54, 1.807) is 11.3 Å². The van der Waals surface area contributed by atoms with Crippen LogP contribution < -0.4 is 16.4 Å². The van der Waals surface area contributed by atoms with Crippen molar-refractivity contribution in [3.05, 3.63) is 11.1 Å². The number of nitrogens with zero attached hydrogens (tertiary/aromatic N) is 5. The summed E-state index contributed by atoms with van der Waals surface area (Å²) in [6.45, 7) is 4.81. The predicted octanol–water partition coefficient (Wildman–Crippen LogP) is 0.903. The van der Waals surface area contributed by atoms with Gasteiger partial charge in [-0.2, -0.15) is 9.36 Å². The number of thiazole rings is 1. The highest BCUT2D eigenvalue weighted by Gasteiger charge is 2.20. The third-order valence-electron chi connectivity index (χ3n) is 3.02. The van der Waals surface area contributed by atoms with E-state index in [0.717, 1.165) is 37.9 Å². The summed E-state index contributed by atoms with van der Waals surface area (Å²) in [5.41, 5.74) is 11.2. The Balaban J connectivity index is 0.00000147. The van der Waals surface area contributed by atoms with Gasteiger partial charge in [0.05, 0.1) is 0 Å². The molecule has 1 aliphatic rings. The fourth-order valence-electron chi connectivity index (χ4n) is 2.07. The Kier molecular flexibility index (Phi) is 4.97. The van der Waals surface area contributed by atoms with Crippen molar-refractivity contribution < 1.29 is 0 Å². The molecule has 0 atom stereocenters. The van der Waals surface area contributed by atoms with E-state index in [1.807, 2.05) is 6.20 Å². The van der Waals surface area contributed by atoms with Crippen molar-refractivity contribution in [2.75, 3.05) is 42.5 Å². The lowest BCUT2D eigenvalue weighted by Crippen LogP contribution is -2.45. The molecule has 0 amide bonds. The zero-order valence-corrected chi connectivity index (χ0v) is 13.2. The monoisotopic (exact) mass is 333 g/mol. The van der Waals surface area contributed by atoms with E-state index in [4.69, 9.17) is 11.5 Å². The van der Waals surface area contributed by atoms with Crippen LogP contribution in [-0.4, -0.2) is 45.4 Å². The molecule has 0 unspecified atom stereocenters. The van der Waals surface area contributed by atoms with Crippen molar-refractivity contribution in [1.82, 2.24) is 19.2 Å². The zero-order chi connectivity index (χ0) is 13.2. The fourth-order valence-corrected chi connectivity index (χ4v) is 3.44. The SMILES string of the molecule is Cl.Nc1nsc(N2CCN(Cc3cnc(N)s3)CC2)n1. The minimum absolute atomic E-state index is 0. The smallest absolute Gasteiger partial charge is 0.233 e. The van der Waals surface area contributed by atoms with Crippen molar-refractivity contribution in [3.63, 3.8) is 0 Å². The van der Waals surface area contributed by atoms with Crippen LogP contribution in [0.4, 0.5) is 16.2 Å². The van der Waals surface area contributed by atoms with Gasteiger partial charge in [0.25, 0.3) is 0 Å². The summed E-state index contributed by atoms with van der Waals surface area (Å²) >= 11 is 2.92. The van der Waals surface area contributed by atoms with Gasteiger partial charge in [0.1, 0.15) is 0 Å². The first-order valence-corrected chi connectivity index (χ1v) is 7.56. The number of anilines is 3. The Morgan fingerprint density at radius 2 is 1.95 bits per heavy atom. The van der Waals surface area contributed by atoms with Crippen LogP contribution in [-0.2, 0) is 6.54 Å². The third-order valence-corrected chi connectivity index (χ3v) is 4.63. The van der Waals surface area contributed by atoms with Crippen molar-refractivity contribution in [3.8, 4) is 0 Å². The van der Waals surface area contributed by atoms with Crippen molar-refractivity contribution >= 4 is 51.5 Å². The molecule has 20 heavy (non-hydrogen) atoms. The highest BCUT2D eigenvalue weighted by molar-refractivity contribution is 7.15. The van der Waals surface area contributed by atoms with Gasteiger partial charge in [-0.3, -0.25) is 4.90 Å². The van der Waals surface area contributed by atoms with Crippen LogP contribution in [0.15, 0.2) is 6.20 Å². The first kappa shape index (κ1) is 15.2. The molecule has 10 heteroatoms. The molecule has 4 N–H and O–H groups in total. The number of aromatic nitrogens is 3. The lowest BCUT2D eigenvalue weighted by Gasteiger charge is -2.33. The summed E-state index contributed by atoms with van der Waals surface area (Å²) in [5, 5.41) is 1.55. The van der Waals surface area contributed by atoms with Crippen molar-refractivity contribution in [1.29, 1.82) is 0 Å². The minimum Gasteiger partial charge on any atom is -0.375 e. The molecule has 3 rings (SSSR count). The zero-order valence-electron chi connectivity index (χ0n) is 10.7. The van der Waals surface area contributed by atoms with Gasteiger partial charge in [0.15, 0.2) is 5.13 Å². The molecule has 1 aliphatic heterocycles. The molecule has 0 radical (unpaired) electrons. The largest absolute Gasteiger partial charge is 0.375 e. The van der Waals surface area contributed by atoms with Crippen molar-refractivity contribution in [2.24, 2.45) is 0 Å². The van der Waals surface area contributed by atoms with E-state index in [-0.39, 0.29) is 12.4 Å². The van der Waals surface area contributed by atoms with Crippen LogP contribution in [0.5, 0.6) is 0 Å². The quantitative estimate of drug-likeness (QED) is 0.861. The molecule has 2 aromatic heterocycles. The number of halogens is 1. The first-order valence-electron chi connectivity index (χ1n) is 5.97. The van der Waals surface area contributed by atoms with E-state index in [2.05, 4.69) is 24.1 Å². The fraction of sp³-hybridized carbons (Fsp3) is 0.500. The van der Waals surface area contributed by atoms with Crippen LogP contribution in [0.3, 0.4) is 0 Å². The normalized spacial score (nSPS) is 16.1. The topological polar surface area (TPSA) is 97.2 Å². The molecule has 2 aromatic rings. The number of piperazine rings is 1. The molecular weight excluding hydrogens is 318 g/mol. The number of hydrogen-bond donors (Lipinski definition) is 2. The Labute approximate surface area is 131 Å². The number of nitrogen functional groups attached to an aromatic ring is 2. The van der Waals surface area contributed by atoms with Gasteiger partial charge in [-0.15, -0.1) is 23.7 Å². The molecule has 110 valence electrons. The second kappa shape index (κ2) is 6.53. The maximum absolute atomic E-state index is 5.64. The van der Waals surface area contributed by atoms with E-state index in [1.165, 1.54) is 16.4 Å². The predicted molar refractivity (Wildman–Crippen MR) is 85.6 cm³/mol. The van der Waals surface area contributed by atoms with Gasteiger partial charge < -0.3 is 16.4 Å². The van der Waals surface area contributed by atoms with E-state index < -0.39 is 0 Å². The molecule has 1 fully saturated rings. The van der Waals surface area contributed by atoms with Gasteiger partial charge in [0, 0.05) is 55.3 Å². The molecular formula is C10H16ClN7S2. The Morgan fingerprint density at radius 3 is 2.50 bits per heavy atom. The lowest BCUT2D eigenvalue weighted by atomic mass is 10.3. The highest BCUT2D eigenvalue weighted by atomic mass is 35.5. The van der Waals surface area contributed by atoms with Crippen LogP contribution in [0.1, 0.15) is 4.88 Å². The summed E-state index contributed by atoms with van der Waals surface area (Å²) in [7, 11) is 0. The molecule has 0 saturated carbocycles. The van der Waals surface area contributed by atoms with Gasteiger partial charge in [-0.05, 0) is 0 Å². The highest BCUT2D eigenvalue weighted by Crippen LogP contribution is 2.21. The Morgan fingerprint density at radius 1 is 1.20 bits per heavy atom. The summed E-state index contributed by atoms with van der Waals surface area (Å²) in [4.78, 5) is 14.1. The second-order valence-electron chi connectivity index (χ2n) is 4.36. The summed E-state index contributed by atoms with van der Waals surface area (Å²) in [5.74, 6) is 0.363. The Bertz CT molecular complexity index is 549. The molecule has 0 spiro atoms. The van der Waals surface area contributed by atoms with E-state index in [0.29, 0.717) is 11.1 Å². The van der Waals surface area contributed by atoms with E-state index in [9.17, 15) is 0 Å². The number of rotatable bonds is 3. The molecule has 0 bridgehead atoms. The van der Waals surface area contributed by atoms with Crippen molar-refractivity contribution in [2.45, 2.75) is 6.54 Å². The second-order valence-corrected chi connectivity index (χ2v) is 6.24. The molecule has 0 aliphatic carbocycles. The van der Waals surface area contributed by atoms with Gasteiger partial charge in [-0.25, -0.2) is 4.98 Å². The summed E-state index contributed by atoms with van der Waals surface area (Å²) < 4.78 is 4.01. The summed E-state index contributed by atoms with van der Waals surface area (Å²) in [6, 6.07) is 0. The van der Waals surface area contributed by atoms with Gasteiger partial charge in [-0.1, -0.05) is 0 Å². The lowest BCUT2D eigenvalue weighted by molar-refractivity contribution is 0.252. The molecule has 0 aromatic carbocycles. The summed E-state index contributed by atoms with van der Waals surface area (Å²) in [6.07, 6.45) is 1.86. The van der Waals surface area contributed by atoms with Crippen LogP contribution >= 0.6 is 35.3 Å². The average Bonchev–Trinajstić information content (AvgIpc) is 3.00. The van der Waals surface area contributed by atoms with E-state index >= 15 is 0 Å². The molecule has 3 heterocycles. The van der Waals surface area contributed by atoms with Gasteiger partial charge in [0.2, 0.25) is 11.1 Å². The standard InChI is InChI=1S/C10H15N7S2.ClH/c11-8-14-10(19-15-8)17-3-1-16(2-4-17)6-7-5-13-9(12)18-7;/h5H,1-4,6H2,(H2,11,15)(H2,12,13);1H. The maximum Gasteiger partial charge on any atom is 0.233 e. The number of hydrogen-bond acceptors (Lipinski definition) is 9. The Hall–Kier alpha value is -1.16. The van der Waals surface area contributed by atoms with Crippen LogP contribution in [0, 0.1) is 0 Å². The molecule has 1 saturated heterocycles. The van der Waals surface area contributed by atoms with Gasteiger partial charge >= 0.3 is 0 Å². The minimum atomic E-state index is 0.